The summed E-state index contributed by atoms with van der Waals surface area (Å²) in [6.45, 7) is 4.58. The van der Waals surface area contributed by atoms with Crippen LogP contribution in [0.15, 0.2) is 18.6 Å². The van der Waals surface area contributed by atoms with Crippen LogP contribution in [-0.4, -0.2) is 38.6 Å². The van der Waals surface area contributed by atoms with Gasteiger partial charge in [0.05, 0.1) is 24.3 Å². The largest absolute Gasteiger partial charge is 0.396 e. The second-order valence-electron chi connectivity index (χ2n) is 4.95. The number of nitrogens with two attached hydrogens (primary N) is 1. The minimum atomic E-state index is 0.641. The van der Waals surface area contributed by atoms with Crippen molar-refractivity contribution in [1.29, 1.82) is 0 Å². The Kier molecular flexibility index (Phi) is 2.91. The summed E-state index contributed by atoms with van der Waals surface area (Å²) in [6.07, 6.45) is 9.06. The summed E-state index contributed by atoms with van der Waals surface area (Å²) in [7, 11) is 0. The van der Waals surface area contributed by atoms with Gasteiger partial charge < -0.3 is 10.6 Å². The Morgan fingerprint density at radius 2 is 2.33 bits per heavy atom. The molecule has 5 heteroatoms. The van der Waals surface area contributed by atoms with E-state index in [0.29, 0.717) is 11.7 Å². The highest BCUT2D eigenvalue weighted by atomic mass is 15.2. The van der Waals surface area contributed by atoms with E-state index in [-0.39, 0.29) is 0 Å². The molecular formula is C13H19N5. The number of aromatic nitrogens is 3. The molecule has 5 nitrogen and oxygen atoms in total. The van der Waals surface area contributed by atoms with E-state index < -0.39 is 0 Å². The molecule has 0 aliphatic carbocycles. The molecule has 1 fully saturated rings. The summed E-state index contributed by atoms with van der Waals surface area (Å²) < 4.78 is 1.77. The van der Waals surface area contributed by atoms with E-state index in [9.17, 15) is 0 Å². The Bertz CT molecular complexity index is 547. The number of hydrogen-bond acceptors (Lipinski definition) is 4. The first kappa shape index (κ1) is 11.5. The highest BCUT2D eigenvalue weighted by molar-refractivity contribution is 5.49. The van der Waals surface area contributed by atoms with Crippen molar-refractivity contribution >= 4 is 11.3 Å². The van der Waals surface area contributed by atoms with Crippen LogP contribution in [0.2, 0.25) is 0 Å². The first-order chi connectivity index (χ1) is 8.78. The van der Waals surface area contributed by atoms with Crippen molar-refractivity contribution < 1.29 is 0 Å². The smallest absolute Gasteiger partial charge is 0.158 e. The molecule has 0 bridgehead atoms. The van der Waals surface area contributed by atoms with Gasteiger partial charge in [-0.2, -0.15) is 5.10 Å². The van der Waals surface area contributed by atoms with E-state index in [1.807, 2.05) is 12.4 Å². The van der Waals surface area contributed by atoms with Crippen LogP contribution < -0.4 is 5.73 Å². The second-order valence-corrected chi connectivity index (χ2v) is 4.95. The van der Waals surface area contributed by atoms with Crippen LogP contribution in [0.1, 0.15) is 25.3 Å². The minimum absolute atomic E-state index is 0.641. The molecule has 0 saturated carbocycles. The number of nitrogens with zero attached hydrogens (tertiary/aromatic N) is 4. The zero-order valence-corrected chi connectivity index (χ0v) is 10.7. The predicted octanol–water partition coefficient (Wildman–Crippen LogP) is 1.34. The molecular weight excluding hydrogens is 226 g/mol. The van der Waals surface area contributed by atoms with E-state index in [1.165, 1.54) is 24.9 Å². The Labute approximate surface area is 107 Å². The number of nitrogen functional groups attached to an aromatic ring is 1. The molecule has 1 aliphatic rings. The third-order valence-corrected chi connectivity index (χ3v) is 3.81. The average molecular weight is 245 g/mol. The Hall–Kier alpha value is -1.62. The van der Waals surface area contributed by atoms with Gasteiger partial charge in [0.1, 0.15) is 0 Å². The lowest BCUT2D eigenvalue weighted by Crippen LogP contribution is -2.30. The third kappa shape index (κ3) is 1.95. The van der Waals surface area contributed by atoms with Gasteiger partial charge in [-0.3, -0.25) is 0 Å². The molecule has 2 aromatic rings. The molecule has 0 amide bonds. The number of rotatable bonds is 3. The average Bonchev–Trinajstić information content (AvgIpc) is 2.96. The fraction of sp³-hybridized carbons (Fsp3) is 0.538. The summed E-state index contributed by atoms with van der Waals surface area (Å²) >= 11 is 0. The monoisotopic (exact) mass is 245 g/mol. The lowest BCUT2D eigenvalue weighted by molar-refractivity contribution is 0.266. The molecule has 0 spiro atoms. The number of likely N-dealkylation sites (tertiary alicyclic amines) is 1. The van der Waals surface area contributed by atoms with Crippen molar-refractivity contribution in [3.63, 3.8) is 0 Å². The van der Waals surface area contributed by atoms with E-state index in [0.717, 1.165) is 18.6 Å². The van der Waals surface area contributed by atoms with Gasteiger partial charge in [-0.1, -0.05) is 6.92 Å². The van der Waals surface area contributed by atoms with Crippen LogP contribution in [0.5, 0.6) is 0 Å². The van der Waals surface area contributed by atoms with Crippen molar-refractivity contribution in [1.82, 2.24) is 19.5 Å². The number of hydrogen-bond donors (Lipinski definition) is 1. The van der Waals surface area contributed by atoms with E-state index in [1.54, 1.807) is 10.7 Å². The third-order valence-electron chi connectivity index (χ3n) is 3.81. The Morgan fingerprint density at radius 3 is 3.17 bits per heavy atom. The van der Waals surface area contributed by atoms with Crippen molar-refractivity contribution in [2.75, 3.05) is 18.8 Å². The zero-order valence-electron chi connectivity index (χ0n) is 10.7. The van der Waals surface area contributed by atoms with Crippen molar-refractivity contribution in [3.05, 3.63) is 24.2 Å². The van der Waals surface area contributed by atoms with Gasteiger partial charge in [-0.25, -0.2) is 9.50 Å². The van der Waals surface area contributed by atoms with Gasteiger partial charge in [-0.15, -0.1) is 0 Å². The highest BCUT2D eigenvalue weighted by Gasteiger charge is 2.24. The van der Waals surface area contributed by atoms with E-state index in [4.69, 9.17) is 5.73 Å². The van der Waals surface area contributed by atoms with Gasteiger partial charge >= 0.3 is 0 Å². The molecule has 1 atom stereocenters. The number of likely N-dealkylation sites (N-methyl/N-ethyl adjacent to an activating group) is 1. The summed E-state index contributed by atoms with van der Waals surface area (Å²) in [4.78, 5) is 6.93. The topological polar surface area (TPSA) is 59.5 Å². The second kappa shape index (κ2) is 4.57. The molecule has 2 aromatic heterocycles. The predicted molar refractivity (Wildman–Crippen MR) is 71.4 cm³/mol. The van der Waals surface area contributed by atoms with Gasteiger partial charge in [0.25, 0.3) is 0 Å². The Morgan fingerprint density at radius 1 is 1.44 bits per heavy atom. The SMILES string of the molecule is CCN1CCCC1Cc1cnn2cc(N)cnc12. The Balaban J connectivity index is 1.86. The molecule has 3 heterocycles. The van der Waals surface area contributed by atoms with Crippen molar-refractivity contribution in [3.8, 4) is 0 Å². The van der Waals surface area contributed by atoms with Crippen LogP contribution in [0.3, 0.4) is 0 Å². The van der Waals surface area contributed by atoms with Crippen LogP contribution in [0.4, 0.5) is 5.69 Å². The lowest BCUT2D eigenvalue weighted by Gasteiger charge is -2.21. The van der Waals surface area contributed by atoms with Gasteiger partial charge in [0, 0.05) is 11.6 Å². The molecule has 2 N–H and O–H groups in total. The van der Waals surface area contributed by atoms with Crippen LogP contribution in [0, 0.1) is 0 Å². The van der Waals surface area contributed by atoms with Crippen LogP contribution in [-0.2, 0) is 6.42 Å². The molecule has 0 aromatic carbocycles. The quantitative estimate of drug-likeness (QED) is 0.886. The molecule has 96 valence electrons. The van der Waals surface area contributed by atoms with Gasteiger partial charge in [0.2, 0.25) is 0 Å². The zero-order chi connectivity index (χ0) is 12.5. The summed E-state index contributed by atoms with van der Waals surface area (Å²) in [5.41, 5.74) is 8.51. The molecule has 1 aliphatic heterocycles. The standard InChI is InChI=1S/C13H19N5/c1-2-17-5-3-4-12(17)6-10-7-16-18-9-11(14)8-15-13(10)18/h7-9,12H,2-6,14H2,1H3. The lowest BCUT2D eigenvalue weighted by atomic mass is 10.1. The fourth-order valence-corrected chi connectivity index (χ4v) is 2.88. The normalized spacial score (nSPS) is 20.8. The maximum absolute atomic E-state index is 5.71. The molecule has 3 rings (SSSR count). The van der Waals surface area contributed by atoms with E-state index >= 15 is 0 Å². The van der Waals surface area contributed by atoms with Crippen LogP contribution >= 0.6 is 0 Å². The van der Waals surface area contributed by atoms with Crippen LogP contribution in [0.25, 0.3) is 5.65 Å². The fourth-order valence-electron chi connectivity index (χ4n) is 2.88. The maximum Gasteiger partial charge on any atom is 0.158 e. The summed E-state index contributed by atoms with van der Waals surface area (Å²) in [5.74, 6) is 0. The first-order valence-corrected chi connectivity index (χ1v) is 6.59. The summed E-state index contributed by atoms with van der Waals surface area (Å²) in [6, 6.07) is 0.641. The number of fused-ring (bicyclic) bond motifs is 1. The number of anilines is 1. The van der Waals surface area contributed by atoms with Crippen molar-refractivity contribution in [2.24, 2.45) is 0 Å². The molecule has 1 unspecified atom stereocenters. The molecule has 1 saturated heterocycles. The maximum atomic E-state index is 5.71. The van der Waals surface area contributed by atoms with Crippen molar-refractivity contribution in [2.45, 2.75) is 32.2 Å². The van der Waals surface area contributed by atoms with Gasteiger partial charge in [0.15, 0.2) is 5.65 Å². The highest BCUT2D eigenvalue weighted by Crippen LogP contribution is 2.22. The summed E-state index contributed by atoms with van der Waals surface area (Å²) in [5, 5.41) is 4.33. The van der Waals surface area contributed by atoms with E-state index in [2.05, 4.69) is 21.9 Å². The van der Waals surface area contributed by atoms with Gasteiger partial charge in [-0.05, 0) is 32.4 Å². The first-order valence-electron chi connectivity index (χ1n) is 6.59. The molecule has 0 radical (unpaired) electrons. The minimum Gasteiger partial charge on any atom is -0.396 e. The molecule has 18 heavy (non-hydrogen) atoms.